The molecule has 1 aliphatic heterocycles. The third kappa shape index (κ3) is 5.55. The smallest absolute Gasteiger partial charge is 0.329 e. The zero-order chi connectivity index (χ0) is 25.8. The molecule has 3 aromatic carbocycles. The SMILES string of the molecule is COc1cc(/C=C2/NC(=O)N(Cc3cccc(C)c3)C2=O)c(Br)cc1OCc1ccc([N+](=O)[O-])cc1. The number of methoxy groups -OCH3 is 1. The summed E-state index contributed by atoms with van der Waals surface area (Å²) in [5.41, 5.74) is 3.41. The van der Waals surface area contributed by atoms with Crippen LogP contribution in [-0.2, 0) is 17.9 Å². The molecule has 1 fully saturated rings. The molecule has 0 aliphatic carbocycles. The molecule has 0 bridgehead atoms. The van der Waals surface area contributed by atoms with Crippen molar-refractivity contribution >= 4 is 39.6 Å². The Balaban J connectivity index is 1.51. The predicted molar refractivity (Wildman–Crippen MR) is 136 cm³/mol. The number of imide groups is 1. The standard InChI is InChI=1S/C26H22BrN3O6/c1-16-4-3-5-18(10-16)14-29-25(31)22(28-26(29)32)11-19-12-23(35-2)24(13-21(19)27)36-15-17-6-8-20(9-7-17)30(33)34/h3-13H,14-15H2,1-2H3,(H,28,32)/b22-11+. The number of nitrogens with one attached hydrogen (secondary N) is 1. The van der Waals surface area contributed by atoms with E-state index in [0.29, 0.717) is 21.5 Å². The average Bonchev–Trinajstić information content (AvgIpc) is 3.11. The van der Waals surface area contributed by atoms with E-state index in [0.717, 1.165) is 21.6 Å². The van der Waals surface area contributed by atoms with Gasteiger partial charge in [-0.3, -0.25) is 19.8 Å². The van der Waals surface area contributed by atoms with E-state index in [2.05, 4.69) is 21.2 Å². The molecule has 0 unspecified atom stereocenters. The van der Waals surface area contributed by atoms with Gasteiger partial charge in [0.25, 0.3) is 11.6 Å². The number of carbonyl (C=O) groups is 2. The minimum absolute atomic E-state index is 0.00228. The van der Waals surface area contributed by atoms with Crippen LogP contribution in [-0.4, -0.2) is 28.9 Å². The number of halogens is 1. The molecule has 4 rings (SSSR count). The molecule has 3 aromatic rings. The third-order valence-corrected chi connectivity index (χ3v) is 6.20. The molecule has 0 atom stereocenters. The Kier molecular flexibility index (Phi) is 7.35. The first kappa shape index (κ1) is 24.9. The predicted octanol–water partition coefficient (Wildman–Crippen LogP) is 5.35. The number of urea groups is 1. The first-order chi connectivity index (χ1) is 17.2. The van der Waals surface area contributed by atoms with Gasteiger partial charge >= 0.3 is 6.03 Å². The molecule has 3 amide bonds. The Labute approximate surface area is 215 Å². The molecule has 184 valence electrons. The topological polar surface area (TPSA) is 111 Å². The summed E-state index contributed by atoms with van der Waals surface area (Å²) >= 11 is 3.49. The van der Waals surface area contributed by atoms with Crippen LogP contribution in [0.5, 0.6) is 11.5 Å². The number of nitrogens with zero attached hydrogens (tertiary/aromatic N) is 2. The summed E-state index contributed by atoms with van der Waals surface area (Å²) in [6.07, 6.45) is 1.57. The molecule has 0 aromatic heterocycles. The maximum absolute atomic E-state index is 12.9. The lowest BCUT2D eigenvalue weighted by atomic mass is 10.1. The number of benzene rings is 3. The highest BCUT2D eigenvalue weighted by Gasteiger charge is 2.33. The molecule has 0 radical (unpaired) electrons. The highest BCUT2D eigenvalue weighted by molar-refractivity contribution is 9.10. The second-order valence-electron chi connectivity index (χ2n) is 8.11. The molecule has 36 heavy (non-hydrogen) atoms. The molecule has 9 nitrogen and oxygen atoms in total. The lowest BCUT2D eigenvalue weighted by molar-refractivity contribution is -0.384. The van der Waals surface area contributed by atoms with Gasteiger partial charge in [0.15, 0.2) is 11.5 Å². The van der Waals surface area contributed by atoms with Crippen LogP contribution in [0.2, 0.25) is 0 Å². The van der Waals surface area contributed by atoms with Gasteiger partial charge in [0.1, 0.15) is 12.3 Å². The first-order valence-electron chi connectivity index (χ1n) is 10.9. The van der Waals surface area contributed by atoms with Crippen LogP contribution in [0.15, 0.2) is 70.8 Å². The van der Waals surface area contributed by atoms with Gasteiger partial charge in [-0.2, -0.15) is 0 Å². The van der Waals surface area contributed by atoms with E-state index >= 15 is 0 Å². The van der Waals surface area contributed by atoms with Crippen molar-refractivity contribution in [2.45, 2.75) is 20.1 Å². The minimum Gasteiger partial charge on any atom is -0.493 e. The highest BCUT2D eigenvalue weighted by atomic mass is 79.9. The van der Waals surface area contributed by atoms with E-state index in [-0.39, 0.29) is 24.5 Å². The van der Waals surface area contributed by atoms with Crippen molar-refractivity contribution in [1.29, 1.82) is 0 Å². The summed E-state index contributed by atoms with van der Waals surface area (Å²) in [5.74, 6) is 0.430. The quantitative estimate of drug-likeness (QED) is 0.175. The lowest BCUT2D eigenvalue weighted by Gasteiger charge is -2.13. The van der Waals surface area contributed by atoms with Gasteiger partial charge in [0.2, 0.25) is 0 Å². The Morgan fingerprint density at radius 2 is 1.81 bits per heavy atom. The number of nitro groups is 1. The normalized spacial score (nSPS) is 14.2. The second kappa shape index (κ2) is 10.6. The Bertz CT molecular complexity index is 1370. The molecule has 1 N–H and O–H groups in total. The number of non-ortho nitro benzene ring substituents is 1. The van der Waals surface area contributed by atoms with Crippen molar-refractivity contribution in [2.75, 3.05) is 7.11 Å². The van der Waals surface area contributed by atoms with Crippen molar-refractivity contribution in [3.8, 4) is 11.5 Å². The maximum Gasteiger partial charge on any atom is 0.329 e. The molecule has 1 aliphatic rings. The van der Waals surface area contributed by atoms with Gasteiger partial charge in [-0.1, -0.05) is 45.8 Å². The van der Waals surface area contributed by atoms with E-state index in [1.54, 1.807) is 30.3 Å². The van der Waals surface area contributed by atoms with Crippen LogP contribution < -0.4 is 14.8 Å². The van der Waals surface area contributed by atoms with Crippen LogP contribution in [0.3, 0.4) is 0 Å². The number of hydrogen-bond acceptors (Lipinski definition) is 6. The van der Waals surface area contributed by atoms with Crippen LogP contribution in [0.1, 0.15) is 22.3 Å². The number of nitro benzene ring substituents is 1. The molecular formula is C26H22BrN3O6. The van der Waals surface area contributed by atoms with Crippen molar-refractivity contribution in [2.24, 2.45) is 0 Å². The monoisotopic (exact) mass is 551 g/mol. The van der Waals surface area contributed by atoms with Gasteiger partial charge in [-0.05, 0) is 54.0 Å². The molecular weight excluding hydrogens is 530 g/mol. The van der Waals surface area contributed by atoms with Crippen LogP contribution in [0.4, 0.5) is 10.5 Å². The van der Waals surface area contributed by atoms with E-state index in [1.807, 2.05) is 31.2 Å². The second-order valence-corrected chi connectivity index (χ2v) is 8.96. The van der Waals surface area contributed by atoms with Crippen molar-refractivity contribution in [1.82, 2.24) is 10.2 Å². The summed E-state index contributed by atoms with van der Waals surface area (Å²) in [6, 6.07) is 16.6. The number of hydrogen-bond donors (Lipinski definition) is 1. The van der Waals surface area contributed by atoms with Crippen molar-refractivity contribution < 1.29 is 24.0 Å². The number of carbonyl (C=O) groups excluding carboxylic acids is 2. The Morgan fingerprint density at radius 1 is 1.06 bits per heavy atom. The van der Waals surface area contributed by atoms with Crippen molar-refractivity contribution in [3.63, 3.8) is 0 Å². The number of amides is 3. The Morgan fingerprint density at radius 3 is 2.47 bits per heavy atom. The zero-order valence-electron chi connectivity index (χ0n) is 19.5. The fourth-order valence-corrected chi connectivity index (χ4v) is 4.11. The van der Waals surface area contributed by atoms with Gasteiger partial charge < -0.3 is 14.8 Å². The summed E-state index contributed by atoms with van der Waals surface area (Å²) < 4.78 is 11.9. The van der Waals surface area contributed by atoms with Gasteiger partial charge in [-0.15, -0.1) is 0 Å². The summed E-state index contributed by atoms with van der Waals surface area (Å²) in [5, 5.41) is 13.5. The number of ether oxygens (including phenoxy) is 2. The van der Waals surface area contributed by atoms with Crippen LogP contribution in [0.25, 0.3) is 6.08 Å². The number of rotatable bonds is 8. The van der Waals surface area contributed by atoms with Gasteiger partial charge in [-0.25, -0.2) is 4.79 Å². The van der Waals surface area contributed by atoms with E-state index in [1.165, 1.54) is 19.2 Å². The lowest BCUT2D eigenvalue weighted by Crippen LogP contribution is -2.30. The van der Waals surface area contributed by atoms with Gasteiger partial charge in [0.05, 0.1) is 18.6 Å². The average molecular weight is 552 g/mol. The summed E-state index contributed by atoms with van der Waals surface area (Å²) in [4.78, 5) is 36.9. The molecule has 1 saturated heterocycles. The maximum atomic E-state index is 12.9. The van der Waals surface area contributed by atoms with Crippen LogP contribution in [0, 0.1) is 17.0 Å². The number of aryl methyl sites for hydroxylation is 1. The molecule has 0 spiro atoms. The van der Waals surface area contributed by atoms with Gasteiger partial charge in [0, 0.05) is 16.6 Å². The third-order valence-electron chi connectivity index (χ3n) is 5.51. The first-order valence-corrected chi connectivity index (χ1v) is 11.7. The zero-order valence-corrected chi connectivity index (χ0v) is 21.1. The fraction of sp³-hybridized carbons (Fsp3) is 0.154. The van der Waals surface area contributed by atoms with Crippen molar-refractivity contribution in [3.05, 3.63) is 103 Å². The fourth-order valence-electron chi connectivity index (χ4n) is 3.67. The molecule has 10 heteroatoms. The summed E-state index contributed by atoms with van der Waals surface area (Å²) in [7, 11) is 1.49. The van der Waals surface area contributed by atoms with E-state index in [4.69, 9.17) is 9.47 Å². The summed E-state index contributed by atoms with van der Waals surface area (Å²) in [6.45, 7) is 2.29. The Hall–Kier alpha value is -4.18. The minimum atomic E-state index is -0.487. The van der Waals surface area contributed by atoms with E-state index in [9.17, 15) is 19.7 Å². The largest absolute Gasteiger partial charge is 0.493 e. The highest BCUT2D eigenvalue weighted by Crippen LogP contribution is 2.35. The molecule has 1 heterocycles. The van der Waals surface area contributed by atoms with Crippen LogP contribution >= 0.6 is 15.9 Å². The molecule has 0 saturated carbocycles. The van der Waals surface area contributed by atoms with E-state index < -0.39 is 16.9 Å².